The van der Waals surface area contributed by atoms with Crippen molar-refractivity contribution in [2.24, 2.45) is 0 Å². The summed E-state index contributed by atoms with van der Waals surface area (Å²) < 4.78 is 5.98. The SMILES string of the molecule is CC1(C)CCC(CSc2nc3ccc(N)cc3[nH]2)O1. The van der Waals surface area contributed by atoms with Crippen LogP contribution in [0.2, 0.25) is 0 Å². The van der Waals surface area contributed by atoms with Gasteiger partial charge in [-0.1, -0.05) is 11.8 Å². The summed E-state index contributed by atoms with van der Waals surface area (Å²) in [5.41, 5.74) is 8.51. The first-order valence-corrected chi connectivity index (χ1v) is 7.56. The van der Waals surface area contributed by atoms with Gasteiger partial charge >= 0.3 is 0 Å². The Bertz CT molecular complexity index is 593. The lowest BCUT2D eigenvalue weighted by Crippen LogP contribution is -2.21. The summed E-state index contributed by atoms with van der Waals surface area (Å²) in [4.78, 5) is 7.84. The van der Waals surface area contributed by atoms with Crippen LogP contribution in [0.3, 0.4) is 0 Å². The molecule has 3 rings (SSSR count). The molecule has 0 bridgehead atoms. The number of thioether (sulfide) groups is 1. The van der Waals surface area contributed by atoms with E-state index in [1.54, 1.807) is 11.8 Å². The van der Waals surface area contributed by atoms with Gasteiger partial charge in [-0.2, -0.15) is 0 Å². The standard InChI is InChI=1S/C14H19N3OS/c1-14(2)6-5-10(18-14)8-19-13-16-11-4-3-9(15)7-12(11)17-13/h3-4,7,10H,5-6,8,15H2,1-2H3,(H,16,17). The van der Waals surface area contributed by atoms with Crippen LogP contribution < -0.4 is 5.73 Å². The van der Waals surface area contributed by atoms with Gasteiger partial charge in [-0.25, -0.2) is 4.98 Å². The zero-order valence-corrected chi connectivity index (χ0v) is 12.1. The normalized spacial score (nSPS) is 22.1. The summed E-state index contributed by atoms with van der Waals surface area (Å²) in [6, 6.07) is 5.74. The summed E-state index contributed by atoms with van der Waals surface area (Å²) in [5, 5.41) is 0.939. The molecule has 1 aliphatic heterocycles. The molecule has 4 nitrogen and oxygen atoms in total. The zero-order valence-electron chi connectivity index (χ0n) is 11.3. The van der Waals surface area contributed by atoms with Gasteiger partial charge in [0.15, 0.2) is 5.16 Å². The molecule has 0 aliphatic carbocycles. The third kappa shape index (κ3) is 2.87. The fourth-order valence-corrected chi connectivity index (χ4v) is 3.36. The van der Waals surface area contributed by atoms with Gasteiger partial charge < -0.3 is 15.5 Å². The number of rotatable bonds is 3. The minimum absolute atomic E-state index is 0.0353. The first-order valence-electron chi connectivity index (χ1n) is 6.58. The Labute approximate surface area is 117 Å². The van der Waals surface area contributed by atoms with Crippen molar-refractivity contribution in [3.8, 4) is 0 Å². The summed E-state index contributed by atoms with van der Waals surface area (Å²) >= 11 is 1.72. The number of H-pyrrole nitrogens is 1. The van der Waals surface area contributed by atoms with Crippen molar-refractivity contribution in [1.29, 1.82) is 0 Å². The molecule has 0 radical (unpaired) electrons. The predicted octanol–water partition coefficient (Wildman–Crippen LogP) is 3.19. The maximum atomic E-state index is 5.98. The van der Waals surface area contributed by atoms with Crippen molar-refractivity contribution < 1.29 is 4.74 Å². The van der Waals surface area contributed by atoms with Gasteiger partial charge in [-0.3, -0.25) is 0 Å². The smallest absolute Gasteiger partial charge is 0.166 e. The van der Waals surface area contributed by atoms with E-state index in [-0.39, 0.29) is 5.60 Å². The van der Waals surface area contributed by atoms with Crippen LogP contribution in [-0.2, 0) is 4.74 Å². The first-order chi connectivity index (χ1) is 9.02. The van der Waals surface area contributed by atoms with Crippen LogP contribution in [0.1, 0.15) is 26.7 Å². The van der Waals surface area contributed by atoms with Crippen molar-refractivity contribution in [2.75, 3.05) is 11.5 Å². The highest BCUT2D eigenvalue weighted by Gasteiger charge is 2.31. The average molecular weight is 277 g/mol. The number of nitrogens with zero attached hydrogens (tertiary/aromatic N) is 1. The molecule has 1 fully saturated rings. The van der Waals surface area contributed by atoms with Crippen LogP contribution in [0, 0.1) is 0 Å². The van der Waals surface area contributed by atoms with Crippen LogP contribution in [0.5, 0.6) is 0 Å². The van der Waals surface area contributed by atoms with E-state index in [1.807, 2.05) is 18.2 Å². The highest BCUT2D eigenvalue weighted by atomic mass is 32.2. The molecular weight excluding hydrogens is 258 g/mol. The molecule has 3 N–H and O–H groups in total. The molecule has 1 saturated heterocycles. The van der Waals surface area contributed by atoms with E-state index in [0.717, 1.165) is 40.5 Å². The number of anilines is 1. The number of fused-ring (bicyclic) bond motifs is 1. The minimum Gasteiger partial charge on any atom is -0.399 e. The topological polar surface area (TPSA) is 63.9 Å². The summed E-state index contributed by atoms with van der Waals surface area (Å²) in [5.74, 6) is 0.943. The van der Waals surface area contributed by atoms with Crippen molar-refractivity contribution in [3.63, 3.8) is 0 Å². The highest BCUT2D eigenvalue weighted by molar-refractivity contribution is 7.99. The number of nitrogen functional groups attached to an aromatic ring is 1. The Morgan fingerprint density at radius 1 is 1.53 bits per heavy atom. The Morgan fingerprint density at radius 3 is 3.11 bits per heavy atom. The maximum absolute atomic E-state index is 5.98. The Hall–Kier alpha value is -1.20. The third-order valence-corrected chi connectivity index (χ3v) is 4.45. The van der Waals surface area contributed by atoms with Gasteiger partial charge in [0.2, 0.25) is 0 Å². The molecule has 1 aromatic carbocycles. The van der Waals surface area contributed by atoms with Crippen molar-refractivity contribution >= 4 is 28.5 Å². The molecule has 0 amide bonds. The highest BCUT2D eigenvalue weighted by Crippen LogP contribution is 2.32. The number of hydrogen-bond donors (Lipinski definition) is 2. The molecule has 5 heteroatoms. The Balaban J connectivity index is 1.66. The molecule has 1 unspecified atom stereocenters. The van der Waals surface area contributed by atoms with E-state index >= 15 is 0 Å². The number of aromatic amines is 1. The molecule has 102 valence electrons. The van der Waals surface area contributed by atoms with E-state index in [9.17, 15) is 0 Å². The minimum atomic E-state index is 0.0353. The number of imidazole rings is 1. The van der Waals surface area contributed by atoms with Gasteiger partial charge in [0.1, 0.15) is 0 Å². The average Bonchev–Trinajstić information content (AvgIpc) is 2.89. The van der Waals surface area contributed by atoms with E-state index in [2.05, 4.69) is 23.8 Å². The molecule has 1 aliphatic rings. The number of nitrogens with two attached hydrogens (primary N) is 1. The molecule has 2 heterocycles. The molecule has 0 saturated carbocycles. The van der Waals surface area contributed by atoms with E-state index in [1.165, 1.54) is 0 Å². The van der Waals surface area contributed by atoms with Crippen LogP contribution in [0.15, 0.2) is 23.4 Å². The maximum Gasteiger partial charge on any atom is 0.166 e. The fraction of sp³-hybridized carbons (Fsp3) is 0.500. The van der Waals surface area contributed by atoms with Crippen LogP contribution in [-0.4, -0.2) is 27.4 Å². The molecular formula is C14H19N3OS. The largest absolute Gasteiger partial charge is 0.399 e. The molecule has 0 spiro atoms. The van der Waals surface area contributed by atoms with Crippen molar-refractivity contribution in [1.82, 2.24) is 9.97 Å². The quantitative estimate of drug-likeness (QED) is 0.668. The third-order valence-electron chi connectivity index (χ3n) is 3.44. The summed E-state index contributed by atoms with van der Waals surface area (Å²) in [6.45, 7) is 4.31. The second kappa shape index (κ2) is 4.72. The molecule has 1 atom stereocenters. The van der Waals surface area contributed by atoms with E-state index in [4.69, 9.17) is 10.5 Å². The Morgan fingerprint density at radius 2 is 2.37 bits per heavy atom. The summed E-state index contributed by atoms with van der Waals surface area (Å²) in [6.07, 6.45) is 2.60. The Kier molecular flexibility index (Phi) is 3.19. The summed E-state index contributed by atoms with van der Waals surface area (Å²) in [7, 11) is 0. The van der Waals surface area contributed by atoms with Crippen molar-refractivity contribution in [3.05, 3.63) is 18.2 Å². The van der Waals surface area contributed by atoms with Gasteiger partial charge in [0.05, 0.1) is 22.7 Å². The van der Waals surface area contributed by atoms with E-state index < -0.39 is 0 Å². The fourth-order valence-electron chi connectivity index (χ4n) is 2.44. The lowest BCUT2D eigenvalue weighted by Gasteiger charge is -2.18. The van der Waals surface area contributed by atoms with Crippen LogP contribution in [0.25, 0.3) is 11.0 Å². The van der Waals surface area contributed by atoms with E-state index in [0.29, 0.717) is 6.10 Å². The van der Waals surface area contributed by atoms with Crippen LogP contribution >= 0.6 is 11.8 Å². The first kappa shape index (κ1) is 12.8. The molecule has 1 aromatic heterocycles. The lowest BCUT2D eigenvalue weighted by molar-refractivity contribution is -0.00468. The number of ether oxygens (including phenoxy) is 1. The van der Waals surface area contributed by atoms with Gasteiger partial charge in [0.25, 0.3) is 0 Å². The second-order valence-electron chi connectivity index (χ2n) is 5.67. The number of aromatic nitrogens is 2. The van der Waals surface area contributed by atoms with Gasteiger partial charge in [0, 0.05) is 11.4 Å². The number of benzene rings is 1. The van der Waals surface area contributed by atoms with Crippen molar-refractivity contribution in [2.45, 2.75) is 43.6 Å². The monoisotopic (exact) mass is 277 g/mol. The van der Waals surface area contributed by atoms with Crippen LogP contribution in [0.4, 0.5) is 5.69 Å². The zero-order chi connectivity index (χ0) is 13.5. The predicted molar refractivity (Wildman–Crippen MR) is 79.4 cm³/mol. The van der Waals surface area contributed by atoms with Gasteiger partial charge in [-0.05, 0) is 44.9 Å². The number of nitrogens with one attached hydrogen (secondary N) is 1. The molecule has 19 heavy (non-hydrogen) atoms. The molecule has 2 aromatic rings. The number of hydrogen-bond acceptors (Lipinski definition) is 4. The second-order valence-corrected chi connectivity index (χ2v) is 6.68. The lowest BCUT2D eigenvalue weighted by atomic mass is 10.1. The van der Waals surface area contributed by atoms with Gasteiger partial charge in [-0.15, -0.1) is 0 Å².